The van der Waals surface area contributed by atoms with Crippen LogP contribution in [0.2, 0.25) is 0 Å². The van der Waals surface area contributed by atoms with Gasteiger partial charge in [-0.15, -0.1) is 6.58 Å². The molecule has 0 fully saturated rings. The molecule has 0 saturated heterocycles. The molecule has 0 aromatic carbocycles. The van der Waals surface area contributed by atoms with Crippen LogP contribution in [0.25, 0.3) is 0 Å². The van der Waals surface area contributed by atoms with E-state index in [0.717, 1.165) is 0 Å². The van der Waals surface area contributed by atoms with Crippen LogP contribution >= 0.6 is 0 Å². The van der Waals surface area contributed by atoms with Gasteiger partial charge in [0.15, 0.2) is 6.17 Å². The molecule has 1 unspecified atom stereocenters. The lowest BCUT2D eigenvalue weighted by Gasteiger charge is -2.32. The first kappa shape index (κ1) is 30.1. The van der Waals surface area contributed by atoms with Gasteiger partial charge in [0.1, 0.15) is 0 Å². The topological polar surface area (TPSA) is 80.4 Å². The predicted octanol–water partition coefficient (Wildman–Crippen LogP) is 5.11. The van der Waals surface area contributed by atoms with E-state index in [9.17, 15) is 52.3 Å². The van der Waals surface area contributed by atoms with Gasteiger partial charge in [-0.1, -0.05) is 25.3 Å². The van der Waals surface area contributed by atoms with Crippen molar-refractivity contribution in [2.45, 2.75) is 68.0 Å². The normalized spacial score (nSPS) is 14.8. The number of hydrogen-bond acceptors (Lipinski definition) is 3. The molecule has 0 spiro atoms. The van der Waals surface area contributed by atoms with Crippen LogP contribution in [0.4, 0.5) is 43.9 Å². The van der Waals surface area contributed by atoms with Gasteiger partial charge in [-0.25, -0.2) is 4.39 Å². The van der Waals surface area contributed by atoms with Crippen molar-refractivity contribution >= 4 is 10.1 Å². The molecule has 29 heavy (non-hydrogen) atoms. The first-order valence-corrected chi connectivity index (χ1v) is 9.35. The quantitative estimate of drug-likeness (QED) is 0.189. The Labute approximate surface area is 160 Å². The predicted molar refractivity (Wildman–Crippen MR) is 84.3 cm³/mol. The highest BCUT2D eigenvalue weighted by molar-refractivity contribution is 7.87. The Balaban J connectivity index is 0. The summed E-state index contributed by atoms with van der Waals surface area (Å²) in [7, 11) is -6.96. The van der Waals surface area contributed by atoms with E-state index in [1.54, 1.807) is 6.08 Å². The summed E-state index contributed by atoms with van der Waals surface area (Å²) >= 11 is 0. The lowest BCUT2D eigenvalue weighted by Crippen LogP contribution is -2.61. The van der Waals surface area contributed by atoms with Gasteiger partial charge in [-0.3, -0.25) is 4.55 Å². The molecular weight excluding hydrogens is 452 g/mol. The third-order valence-corrected chi connectivity index (χ3v) is 4.24. The largest absolute Gasteiger partial charge is 0.438 e. The number of halogens is 10. The molecule has 1 atom stereocenters. The van der Waals surface area contributed by atoms with Gasteiger partial charge in [0.2, 0.25) is 0 Å². The van der Waals surface area contributed by atoms with Crippen molar-refractivity contribution in [3.63, 3.8) is 0 Å². The van der Waals surface area contributed by atoms with E-state index < -0.39 is 65.2 Å². The van der Waals surface area contributed by atoms with E-state index in [2.05, 4.69) is 6.58 Å². The fraction of sp³-hybridized carbons (Fsp3) is 0.857. The van der Waals surface area contributed by atoms with Crippen molar-refractivity contribution in [1.82, 2.24) is 0 Å². The van der Waals surface area contributed by atoms with Crippen LogP contribution in [0.3, 0.4) is 0 Å². The first-order valence-electron chi connectivity index (χ1n) is 7.91. The van der Waals surface area contributed by atoms with Crippen LogP contribution in [-0.4, -0.2) is 49.0 Å². The minimum atomic E-state index is -6.96. The van der Waals surface area contributed by atoms with Crippen LogP contribution in [-0.2, 0) is 10.1 Å². The zero-order valence-corrected chi connectivity index (χ0v) is 15.7. The summed E-state index contributed by atoms with van der Waals surface area (Å²) < 4.78 is 155. The van der Waals surface area contributed by atoms with Crippen LogP contribution in [0.5, 0.6) is 0 Å². The molecule has 0 bridgehead atoms. The molecule has 4 nitrogen and oxygen atoms in total. The standard InChI is InChI=1S/C11H14F10O3S.C3H7N/c12-7(5-3-1-2-4-6-8(13,14)15)9(16,17)10(18,19)11(20,21)25(22,23)24;1-2-3-4/h7H,1-6H2,(H,22,23,24);2H,1,3-4H2. The summed E-state index contributed by atoms with van der Waals surface area (Å²) in [5.74, 6) is -12.9. The van der Waals surface area contributed by atoms with Crippen LogP contribution < -0.4 is 5.73 Å². The molecule has 0 aliphatic carbocycles. The van der Waals surface area contributed by atoms with Crippen LogP contribution in [0, 0.1) is 0 Å². The van der Waals surface area contributed by atoms with Crippen LogP contribution in [0.1, 0.15) is 38.5 Å². The summed E-state index contributed by atoms with van der Waals surface area (Å²) in [4.78, 5) is 0. The maximum atomic E-state index is 13.3. The Morgan fingerprint density at radius 2 is 1.34 bits per heavy atom. The monoisotopic (exact) mass is 473 g/mol. The summed E-state index contributed by atoms with van der Waals surface area (Å²) in [5.41, 5.74) is 4.91. The molecule has 0 aliphatic rings. The Bertz CT molecular complexity index is 593. The second-order valence-electron chi connectivity index (χ2n) is 5.75. The molecule has 0 saturated carbocycles. The summed E-state index contributed by atoms with van der Waals surface area (Å²) in [6, 6.07) is 0. The smallest absolute Gasteiger partial charge is 0.327 e. The third-order valence-electron chi connectivity index (χ3n) is 3.34. The second kappa shape index (κ2) is 11.3. The summed E-state index contributed by atoms with van der Waals surface area (Å²) in [5, 5.41) is -6.64. The molecular formula is C14H21F10NO3S. The molecule has 0 aliphatic heterocycles. The Morgan fingerprint density at radius 3 is 1.69 bits per heavy atom. The highest BCUT2D eigenvalue weighted by Gasteiger charge is 2.79. The highest BCUT2D eigenvalue weighted by Crippen LogP contribution is 2.50. The van der Waals surface area contributed by atoms with Gasteiger partial charge in [0, 0.05) is 13.0 Å². The number of unbranched alkanes of at least 4 members (excludes halogenated alkanes) is 3. The molecule has 0 aromatic heterocycles. The maximum Gasteiger partial charge on any atom is 0.438 e. The maximum absolute atomic E-state index is 13.3. The summed E-state index contributed by atoms with van der Waals surface area (Å²) in [6.45, 7) is 3.94. The zero-order chi connectivity index (χ0) is 23.7. The van der Waals surface area contributed by atoms with Gasteiger partial charge in [-0.2, -0.15) is 47.9 Å². The average Bonchev–Trinajstić information content (AvgIpc) is 2.55. The van der Waals surface area contributed by atoms with Gasteiger partial charge >= 0.3 is 33.4 Å². The number of hydrogen-bond donors (Lipinski definition) is 2. The Kier molecular flexibility index (Phi) is 11.8. The van der Waals surface area contributed by atoms with Crippen molar-refractivity contribution in [2.75, 3.05) is 6.54 Å². The van der Waals surface area contributed by atoms with Gasteiger partial charge < -0.3 is 5.73 Å². The van der Waals surface area contributed by atoms with Gasteiger partial charge in [0.25, 0.3) is 0 Å². The Hall–Kier alpha value is -1.09. The molecule has 0 heterocycles. The molecule has 0 radical (unpaired) electrons. The molecule has 0 rings (SSSR count). The van der Waals surface area contributed by atoms with Crippen LogP contribution in [0.15, 0.2) is 12.7 Å². The van der Waals surface area contributed by atoms with Crippen molar-refractivity contribution in [3.8, 4) is 0 Å². The van der Waals surface area contributed by atoms with E-state index in [1.807, 2.05) is 0 Å². The lowest BCUT2D eigenvalue weighted by molar-refractivity contribution is -0.300. The first-order chi connectivity index (χ1) is 12.8. The molecule has 176 valence electrons. The Morgan fingerprint density at radius 1 is 0.931 bits per heavy atom. The number of rotatable bonds is 11. The van der Waals surface area contributed by atoms with E-state index >= 15 is 0 Å². The zero-order valence-electron chi connectivity index (χ0n) is 14.8. The van der Waals surface area contributed by atoms with E-state index in [4.69, 9.17) is 10.3 Å². The fourth-order valence-electron chi connectivity index (χ4n) is 1.74. The van der Waals surface area contributed by atoms with E-state index in [-0.39, 0.29) is 12.8 Å². The second-order valence-corrected chi connectivity index (χ2v) is 7.21. The molecule has 0 amide bonds. The highest BCUT2D eigenvalue weighted by atomic mass is 32.2. The van der Waals surface area contributed by atoms with Crippen molar-refractivity contribution in [1.29, 1.82) is 0 Å². The van der Waals surface area contributed by atoms with Crippen molar-refractivity contribution in [2.24, 2.45) is 5.73 Å². The van der Waals surface area contributed by atoms with Gasteiger partial charge in [-0.05, 0) is 12.8 Å². The van der Waals surface area contributed by atoms with Crippen molar-refractivity contribution < 1.29 is 56.9 Å². The molecule has 15 heteroatoms. The summed E-state index contributed by atoms with van der Waals surface area (Å²) in [6.07, 6.45) is -10.8. The van der Waals surface area contributed by atoms with E-state index in [0.29, 0.717) is 6.54 Å². The molecule has 3 N–H and O–H groups in total. The minimum Gasteiger partial charge on any atom is -0.327 e. The lowest BCUT2D eigenvalue weighted by atomic mass is 10.0. The average molecular weight is 473 g/mol. The third kappa shape index (κ3) is 9.07. The fourth-order valence-corrected chi connectivity index (χ4v) is 2.20. The number of nitrogens with two attached hydrogens (primary N) is 1. The van der Waals surface area contributed by atoms with E-state index in [1.165, 1.54) is 0 Å². The van der Waals surface area contributed by atoms with Crippen molar-refractivity contribution in [3.05, 3.63) is 12.7 Å². The SMILES string of the molecule is C=CCN.O=S(=O)(O)C(F)(F)C(F)(F)C(F)(F)C(F)CCCCCCC(F)(F)F. The minimum absolute atomic E-state index is 0.199. The van der Waals surface area contributed by atoms with Gasteiger partial charge in [0.05, 0.1) is 0 Å². The molecule has 0 aromatic rings. The number of alkyl halides is 10.